The lowest BCUT2D eigenvalue weighted by Crippen LogP contribution is -2.28. The molecule has 0 aliphatic rings. The molecule has 0 atom stereocenters. The number of amides is 1. The van der Waals surface area contributed by atoms with Gasteiger partial charge in [-0.05, 0) is 42.5 Å². The van der Waals surface area contributed by atoms with E-state index in [-0.39, 0.29) is 16.2 Å². The predicted octanol–water partition coefficient (Wildman–Crippen LogP) is 1.81. The van der Waals surface area contributed by atoms with E-state index in [4.69, 9.17) is 5.14 Å². The fraction of sp³-hybridized carbons (Fsp3) is 0.500. The van der Waals surface area contributed by atoms with Crippen LogP contribution in [0.3, 0.4) is 0 Å². The summed E-state index contributed by atoms with van der Waals surface area (Å²) < 4.78 is 22.5. The van der Waals surface area contributed by atoms with Crippen molar-refractivity contribution in [3.05, 3.63) is 29.3 Å². The Balaban J connectivity index is 2.80. The summed E-state index contributed by atoms with van der Waals surface area (Å²) in [7, 11) is -3.74. The predicted molar refractivity (Wildman–Crippen MR) is 79.0 cm³/mol. The second kappa shape index (κ2) is 5.93. The van der Waals surface area contributed by atoms with Gasteiger partial charge in [0.25, 0.3) is 5.91 Å². The molecule has 112 valence electrons. The number of nitrogens with one attached hydrogen (secondary N) is 1. The number of carbonyl (C=O) groups excluding carboxylic acids is 1. The Labute approximate surface area is 120 Å². The Bertz CT molecular complexity index is 601. The van der Waals surface area contributed by atoms with Crippen LogP contribution in [0.4, 0.5) is 0 Å². The van der Waals surface area contributed by atoms with Crippen LogP contribution in [0, 0.1) is 12.3 Å². The number of aryl methyl sites for hydroxylation is 1. The molecule has 1 amide bonds. The molecule has 0 aliphatic carbocycles. The normalized spacial score (nSPS) is 12.2. The second-order valence-electron chi connectivity index (χ2n) is 6.09. The number of nitrogens with two attached hydrogens (primary N) is 1. The maximum absolute atomic E-state index is 12.0. The Morgan fingerprint density at radius 1 is 1.30 bits per heavy atom. The molecule has 0 radical (unpaired) electrons. The first-order valence-electron chi connectivity index (χ1n) is 6.42. The minimum Gasteiger partial charge on any atom is -0.352 e. The van der Waals surface area contributed by atoms with Crippen molar-refractivity contribution in [2.75, 3.05) is 6.54 Å². The first kappa shape index (κ1) is 16.7. The minimum atomic E-state index is -3.74. The fourth-order valence-electron chi connectivity index (χ4n) is 1.71. The van der Waals surface area contributed by atoms with Gasteiger partial charge in [-0.2, -0.15) is 0 Å². The van der Waals surface area contributed by atoms with Crippen molar-refractivity contribution in [2.24, 2.45) is 10.6 Å². The maximum Gasteiger partial charge on any atom is 0.251 e. The highest BCUT2D eigenvalue weighted by Crippen LogP contribution is 2.18. The summed E-state index contributed by atoms with van der Waals surface area (Å²) in [6, 6.07) is 4.25. The molecule has 3 N–H and O–H groups in total. The van der Waals surface area contributed by atoms with Gasteiger partial charge >= 0.3 is 0 Å². The molecule has 0 heterocycles. The third-order valence-corrected chi connectivity index (χ3v) is 3.84. The largest absolute Gasteiger partial charge is 0.352 e. The summed E-state index contributed by atoms with van der Waals surface area (Å²) in [6.07, 6.45) is 0.868. The monoisotopic (exact) mass is 298 g/mol. The van der Waals surface area contributed by atoms with E-state index < -0.39 is 10.0 Å². The van der Waals surface area contributed by atoms with Crippen molar-refractivity contribution in [3.8, 4) is 0 Å². The quantitative estimate of drug-likeness (QED) is 0.888. The summed E-state index contributed by atoms with van der Waals surface area (Å²) in [5, 5.41) is 7.89. The molecule has 0 fully saturated rings. The van der Waals surface area contributed by atoms with Crippen LogP contribution in [0.1, 0.15) is 43.1 Å². The van der Waals surface area contributed by atoms with Gasteiger partial charge in [-0.3, -0.25) is 4.79 Å². The molecule has 1 rings (SSSR count). The van der Waals surface area contributed by atoms with E-state index >= 15 is 0 Å². The first-order valence-corrected chi connectivity index (χ1v) is 7.97. The maximum atomic E-state index is 12.0. The van der Waals surface area contributed by atoms with E-state index in [1.54, 1.807) is 6.92 Å². The Morgan fingerprint density at radius 2 is 1.90 bits per heavy atom. The molecule has 0 unspecified atom stereocenters. The summed E-state index contributed by atoms with van der Waals surface area (Å²) in [5.41, 5.74) is 1.20. The van der Waals surface area contributed by atoms with Gasteiger partial charge in [0, 0.05) is 12.1 Å². The molecule has 1 aromatic carbocycles. The van der Waals surface area contributed by atoms with E-state index in [0.717, 1.165) is 6.42 Å². The van der Waals surface area contributed by atoms with E-state index in [0.29, 0.717) is 17.7 Å². The lowest BCUT2D eigenvalue weighted by molar-refractivity contribution is 0.0949. The van der Waals surface area contributed by atoms with Gasteiger partial charge < -0.3 is 5.32 Å². The average molecular weight is 298 g/mol. The number of primary sulfonamides is 1. The summed E-state index contributed by atoms with van der Waals surface area (Å²) in [5.74, 6) is -0.201. The van der Waals surface area contributed by atoms with Crippen molar-refractivity contribution in [2.45, 2.75) is 39.0 Å². The van der Waals surface area contributed by atoms with Gasteiger partial charge in [0.1, 0.15) is 0 Å². The van der Waals surface area contributed by atoms with Crippen LogP contribution in [-0.2, 0) is 10.0 Å². The van der Waals surface area contributed by atoms with Crippen LogP contribution in [0.25, 0.3) is 0 Å². The summed E-state index contributed by atoms with van der Waals surface area (Å²) >= 11 is 0. The number of benzene rings is 1. The lowest BCUT2D eigenvalue weighted by atomic mass is 9.92. The molecule has 20 heavy (non-hydrogen) atoms. The summed E-state index contributed by atoms with van der Waals surface area (Å²) in [6.45, 7) is 8.58. The smallest absolute Gasteiger partial charge is 0.251 e. The third-order valence-electron chi connectivity index (χ3n) is 2.93. The highest BCUT2D eigenvalue weighted by atomic mass is 32.2. The average Bonchev–Trinajstić information content (AvgIpc) is 2.25. The molecule has 1 aromatic rings. The van der Waals surface area contributed by atoms with Crippen molar-refractivity contribution in [3.63, 3.8) is 0 Å². The number of rotatable bonds is 4. The van der Waals surface area contributed by atoms with Gasteiger partial charge in [-0.1, -0.05) is 20.8 Å². The van der Waals surface area contributed by atoms with Gasteiger partial charge in [-0.15, -0.1) is 0 Å². The van der Waals surface area contributed by atoms with Crippen LogP contribution >= 0.6 is 0 Å². The van der Waals surface area contributed by atoms with Crippen LogP contribution in [0.5, 0.6) is 0 Å². The van der Waals surface area contributed by atoms with Crippen molar-refractivity contribution >= 4 is 15.9 Å². The molecule has 0 saturated carbocycles. The summed E-state index contributed by atoms with van der Waals surface area (Å²) in [4.78, 5) is 12.0. The van der Waals surface area contributed by atoms with Gasteiger partial charge in [0.15, 0.2) is 0 Å². The molecule has 0 spiro atoms. The second-order valence-corrected chi connectivity index (χ2v) is 7.65. The first-order chi connectivity index (χ1) is 9.00. The molecule has 0 aromatic heterocycles. The number of carbonyl (C=O) groups is 1. The van der Waals surface area contributed by atoms with E-state index in [9.17, 15) is 13.2 Å². The minimum absolute atomic E-state index is 0.0150. The van der Waals surface area contributed by atoms with Gasteiger partial charge in [-0.25, -0.2) is 13.6 Å². The molecule has 0 saturated heterocycles. The Kier molecular flexibility index (Phi) is 4.94. The molecular weight excluding hydrogens is 276 g/mol. The van der Waals surface area contributed by atoms with Gasteiger partial charge in [0.2, 0.25) is 10.0 Å². The zero-order valence-corrected chi connectivity index (χ0v) is 13.2. The van der Waals surface area contributed by atoms with Crippen LogP contribution in [0.2, 0.25) is 0 Å². The third kappa shape index (κ3) is 4.94. The molecule has 0 bridgehead atoms. The SMILES string of the molecule is Cc1cc(S(N)(=O)=O)ccc1C(=O)NCCC(C)(C)C. The fourth-order valence-corrected chi connectivity index (χ4v) is 2.31. The lowest BCUT2D eigenvalue weighted by Gasteiger charge is -2.18. The number of hydrogen-bond acceptors (Lipinski definition) is 3. The highest BCUT2D eigenvalue weighted by molar-refractivity contribution is 7.89. The molecule has 6 heteroatoms. The molecular formula is C14H22N2O3S. The zero-order chi connectivity index (χ0) is 15.6. The van der Waals surface area contributed by atoms with E-state index in [1.807, 2.05) is 0 Å². The molecule has 0 aliphatic heterocycles. The Morgan fingerprint density at radius 3 is 2.35 bits per heavy atom. The van der Waals surface area contributed by atoms with Crippen molar-refractivity contribution < 1.29 is 13.2 Å². The van der Waals surface area contributed by atoms with Crippen LogP contribution in [-0.4, -0.2) is 20.9 Å². The standard InChI is InChI=1S/C14H22N2O3S/c1-10-9-11(20(15,18)19)5-6-12(10)13(17)16-8-7-14(2,3)4/h5-6,9H,7-8H2,1-4H3,(H,16,17)(H2,15,18,19). The van der Waals surface area contributed by atoms with E-state index in [2.05, 4.69) is 26.1 Å². The molecule has 5 nitrogen and oxygen atoms in total. The highest BCUT2D eigenvalue weighted by Gasteiger charge is 2.15. The van der Waals surface area contributed by atoms with Crippen LogP contribution < -0.4 is 10.5 Å². The van der Waals surface area contributed by atoms with Gasteiger partial charge in [0.05, 0.1) is 4.90 Å². The zero-order valence-electron chi connectivity index (χ0n) is 12.4. The van der Waals surface area contributed by atoms with Crippen molar-refractivity contribution in [1.82, 2.24) is 5.32 Å². The number of sulfonamides is 1. The van der Waals surface area contributed by atoms with Crippen LogP contribution in [0.15, 0.2) is 23.1 Å². The van der Waals surface area contributed by atoms with Crippen molar-refractivity contribution in [1.29, 1.82) is 0 Å². The topological polar surface area (TPSA) is 89.3 Å². The number of hydrogen-bond donors (Lipinski definition) is 2. The Hall–Kier alpha value is -1.40. The van der Waals surface area contributed by atoms with E-state index in [1.165, 1.54) is 18.2 Å².